The van der Waals surface area contributed by atoms with Crippen LogP contribution in [0, 0.1) is 0 Å². The van der Waals surface area contributed by atoms with E-state index in [9.17, 15) is 5.11 Å². The van der Waals surface area contributed by atoms with E-state index >= 15 is 0 Å². The second-order valence-corrected chi connectivity index (χ2v) is 5.50. The smallest absolute Gasteiger partial charge is 0.107 e. The summed E-state index contributed by atoms with van der Waals surface area (Å²) in [6, 6.07) is 1.96. The number of aliphatic hydroxyl groups excluding tert-OH is 1. The molecule has 0 radical (unpaired) electrons. The highest BCUT2D eigenvalue weighted by atomic mass is 79.9. The third-order valence-corrected chi connectivity index (χ3v) is 4.42. The van der Waals surface area contributed by atoms with E-state index in [-0.39, 0.29) is 12.6 Å². The zero-order chi connectivity index (χ0) is 10.6. The maximum atomic E-state index is 9.19. The van der Waals surface area contributed by atoms with Crippen molar-refractivity contribution in [3.8, 4) is 0 Å². The van der Waals surface area contributed by atoms with Gasteiger partial charge in [0.05, 0.1) is 12.6 Å². The molecule has 1 unspecified atom stereocenters. The van der Waals surface area contributed by atoms with Gasteiger partial charge in [-0.3, -0.25) is 0 Å². The number of aliphatic hydroxyl groups is 1. The van der Waals surface area contributed by atoms with E-state index in [2.05, 4.69) is 28.2 Å². The molecule has 0 spiro atoms. The van der Waals surface area contributed by atoms with Crippen molar-refractivity contribution in [3.05, 3.63) is 19.8 Å². The van der Waals surface area contributed by atoms with Crippen molar-refractivity contribution in [2.45, 2.75) is 19.4 Å². The quantitative estimate of drug-likeness (QED) is 0.875. The number of hydrogen-bond acceptors (Lipinski definition) is 3. The Morgan fingerprint density at radius 2 is 2.43 bits per heavy atom. The van der Waals surface area contributed by atoms with E-state index in [1.807, 2.05) is 6.07 Å². The van der Waals surface area contributed by atoms with Crippen molar-refractivity contribution >= 4 is 38.9 Å². The molecule has 0 amide bonds. The van der Waals surface area contributed by atoms with Crippen molar-refractivity contribution in [1.29, 1.82) is 0 Å². The molecule has 1 rings (SSSR count). The summed E-state index contributed by atoms with van der Waals surface area (Å²) < 4.78 is 1.63. The predicted molar refractivity (Wildman–Crippen MR) is 65.1 cm³/mol. The topological polar surface area (TPSA) is 32.3 Å². The molecule has 0 saturated heterocycles. The van der Waals surface area contributed by atoms with Crippen LogP contribution in [0.2, 0.25) is 4.34 Å². The Balaban J connectivity index is 2.68. The van der Waals surface area contributed by atoms with Gasteiger partial charge in [0.25, 0.3) is 0 Å². The zero-order valence-corrected chi connectivity index (χ0v) is 11.0. The first-order valence-corrected chi connectivity index (χ1v) is 6.46. The van der Waals surface area contributed by atoms with Gasteiger partial charge in [0, 0.05) is 9.35 Å². The fraction of sp³-hybridized carbons (Fsp3) is 0.556. The summed E-state index contributed by atoms with van der Waals surface area (Å²) in [5.41, 5.74) is 0. The van der Waals surface area contributed by atoms with E-state index in [0.29, 0.717) is 0 Å². The van der Waals surface area contributed by atoms with Gasteiger partial charge in [-0.2, -0.15) is 0 Å². The molecule has 0 aliphatic rings. The van der Waals surface area contributed by atoms with Crippen LogP contribution in [0.4, 0.5) is 0 Å². The van der Waals surface area contributed by atoms with Gasteiger partial charge in [0.1, 0.15) is 4.34 Å². The highest BCUT2D eigenvalue weighted by molar-refractivity contribution is 9.10. The normalized spacial score (nSPS) is 13.1. The average molecular weight is 299 g/mol. The fourth-order valence-electron chi connectivity index (χ4n) is 1.11. The second kappa shape index (κ2) is 6.08. The minimum absolute atomic E-state index is 0.00347. The molecule has 1 aromatic heterocycles. The third kappa shape index (κ3) is 3.21. The van der Waals surface area contributed by atoms with E-state index in [1.165, 1.54) is 11.3 Å². The fourth-order valence-corrected chi connectivity index (χ4v) is 2.91. The van der Waals surface area contributed by atoms with E-state index < -0.39 is 0 Å². The molecule has 0 bridgehead atoms. The second-order valence-electron chi connectivity index (χ2n) is 2.96. The number of thiophene rings is 1. The average Bonchev–Trinajstić information content (AvgIpc) is 2.48. The van der Waals surface area contributed by atoms with Crippen LogP contribution in [0.15, 0.2) is 10.5 Å². The summed E-state index contributed by atoms with van der Waals surface area (Å²) in [6.45, 7) is 3.10. The lowest BCUT2D eigenvalue weighted by Crippen LogP contribution is -2.24. The van der Waals surface area contributed by atoms with Gasteiger partial charge in [-0.25, -0.2) is 0 Å². The third-order valence-electron chi connectivity index (χ3n) is 1.83. The molecule has 0 aromatic carbocycles. The van der Waals surface area contributed by atoms with Gasteiger partial charge in [-0.05, 0) is 35.0 Å². The van der Waals surface area contributed by atoms with Crippen LogP contribution in [-0.4, -0.2) is 18.3 Å². The minimum atomic E-state index is 0.00347. The predicted octanol–water partition coefficient (Wildman–Crippen LogP) is 3.20. The Bertz CT molecular complexity index is 273. The summed E-state index contributed by atoms with van der Waals surface area (Å²) >= 11 is 10.8. The number of nitrogens with one attached hydrogen (secondary N) is 1. The first-order valence-electron chi connectivity index (χ1n) is 4.48. The van der Waals surface area contributed by atoms with Crippen LogP contribution >= 0.6 is 38.9 Å². The van der Waals surface area contributed by atoms with Gasteiger partial charge in [-0.15, -0.1) is 11.3 Å². The molecule has 14 heavy (non-hydrogen) atoms. The van der Waals surface area contributed by atoms with Crippen LogP contribution in [0.5, 0.6) is 0 Å². The van der Waals surface area contributed by atoms with Crippen molar-refractivity contribution in [2.75, 3.05) is 13.2 Å². The Hall–Kier alpha value is 0.390. The molecule has 5 heteroatoms. The maximum absolute atomic E-state index is 9.19. The van der Waals surface area contributed by atoms with Crippen molar-refractivity contribution in [3.63, 3.8) is 0 Å². The van der Waals surface area contributed by atoms with Crippen LogP contribution in [0.3, 0.4) is 0 Å². The van der Waals surface area contributed by atoms with E-state index in [1.54, 1.807) is 0 Å². The first kappa shape index (κ1) is 12.5. The van der Waals surface area contributed by atoms with Gasteiger partial charge < -0.3 is 10.4 Å². The van der Waals surface area contributed by atoms with Crippen LogP contribution < -0.4 is 5.32 Å². The van der Waals surface area contributed by atoms with Crippen molar-refractivity contribution in [2.24, 2.45) is 0 Å². The number of halogens is 2. The molecule has 80 valence electrons. The molecular formula is C9H13BrClNOS. The van der Waals surface area contributed by atoms with E-state index in [0.717, 1.165) is 26.7 Å². The van der Waals surface area contributed by atoms with Gasteiger partial charge in [0.2, 0.25) is 0 Å². The lowest BCUT2D eigenvalue weighted by Gasteiger charge is -2.13. The summed E-state index contributed by atoms with van der Waals surface area (Å²) in [5.74, 6) is 0. The number of hydrogen-bond donors (Lipinski definition) is 2. The molecule has 0 fully saturated rings. The lowest BCUT2D eigenvalue weighted by atomic mass is 10.2. The van der Waals surface area contributed by atoms with E-state index in [4.69, 9.17) is 11.6 Å². The van der Waals surface area contributed by atoms with Gasteiger partial charge in [0.15, 0.2) is 0 Å². The molecule has 2 N–H and O–H groups in total. The summed E-state index contributed by atoms with van der Waals surface area (Å²) in [5, 5.41) is 12.4. The van der Waals surface area contributed by atoms with Crippen LogP contribution in [0.25, 0.3) is 0 Å². The maximum Gasteiger partial charge on any atom is 0.107 e. The highest BCUT2D eigenvalue weighted by Gasteiger charge is 2.13. The lowest BCUT2D eigenvalue weighted by molar-refractivity contribution is 0.246. The Labute approximate surface area is 101 Å². The molecule has 0 aliphatic carbocycles. The number of rotatable bonds is 5. The standard InChI is InChI=1S/C9H13BrClNOS/c1-2-3-12-7(5-13)8-4-6(10)9(11)14-8/h4,7,12-13H,2-3,5H2,1H3. The molecule has 0 aliphatic heterocycles. The molecule has 1 heterocycles. The monoisotopic (exact) mass is 297 g/mol. The Morgan fingerprint density at radius 1 is 1.71 bits per heavy atom. The molecule has 2 nitrogen and oxygen atoms in total. The summed E-state index contributed by atoms with van der Waals surface area (Å²) in [4.78, 5) is 1.07. The molecule has 0 saturated carbocycles. The Kier molecular flexibility index (Phi) is 5.41. The van der Waals surface area contributed by atoms with Gasteiger partial charge in [-0.1, -0.05) is 18.5 Å². The van der Waals surface area contributed by atoms with Crippen molar-refractivity contribution in [1.82, 2.24) is 5.32 Å². The largest absolute Gasteiger partial charge is 0.394 e. The van der Waals surface area contributed by atoms with Gasteiger partial charge >= 0.3 is 0 Å². The first-order chi connectivity index (χ1) is 6.69. The SMILES string of the molecule is CCCNC(CO)c1cc(Br)c(Cl)s1. The zero-order valence-electron chi connectivity index (χ0n) is 7.89. The minimum Gasteiger partial charge on any atom is -0.394 e. The summed E-state index contributed by atoms with van der Waals surface area (Å²) in [7, 11) is 0. The van der Waals surface area contributed by atoms with Crippen LogP contribution in [0.1, 0.15) is 24.3 Å². The highest BCUT2D eigenvalue weighted by Crippen LogP contribution is 2.34. The molecular weight excluding hydrogens is 286 g/mol. The molecule has 1 atom stereocenters. The molecule has 1 aromatic rings. The summed E-state index contributed by atoms with van der Waals surface area (Å²) in [6.07, 6.45) is 1.05. The Morgan fingerprint density at radius 3 is 2.86 bits per heavy atom. The van der Waals surface area contributed by atoms with Crippen molar-refractivity contribution < 1.29 is 5.11 Å². The van der Waals surface area contributed by atoms with Crippen LogP contribution in [-0.2, 0) is 0 Å².